The van der Waals surface area contributed by atoms with Gasteiger partial charge in [-0.2, -0.15) is 0 Å². The molecule has 2 aliphatic heterocycles. The average Bonchev–Trinajstić information content (AvgIpc) is 3.04. The fraction of sp³-hybridized carbons (Fsp3) is 0.333. The highest BCUT2D eigenvalue weighted by Gasteiger charge is 2.47. The predicted molar refractivity (Wildman–Crippen MR) is 100.0 cm³/mol. The van der Waals surface area contributed by atoms with Crippen molar-refractivity contribution in [2.45, 2.75) is 31.3 Å². The van der Waals surface area contributed by atoms with Gasteiger partial charge >= 0.3 is 6.03 Å². The van der Waals surface area contributed by atoms with Crippen LogP contribution in [0, 0.1) is 0 Å². The number of likely N-dealkylation sites (tertiary alicyclic amines) is 1. The molecule has 1 N–H and O–H groups in total. The molecule has 0 bridgehead atoms. The maximum atomic E-state index is 13.5. The number of rotatable bonds is 2. The van der Waals surface area contributed by atoms with Crippen LogP contribution in [0.2, 0.25) is 0 Å². The summed E-state index contributed by atoms with van der Waals surface area (Å²) in [6.07, 6.45) is 0.749. The van der Waals surface area contributed by atoms with E-state index in [2.05, 4.69) is 5.32 Å². The van der Waals surface area contributed by atoms with Gasteiger partial charge in [0.2, 0.25) is 0 Å². The molecule has 0 aromatic heterocycles. The Balaban J connectivity index is 1.46. The molecule has 2 aromatic rings. The first-order chi connectivity index (χ1) is 13.3. The lowest BCUT2D eigenvalue weighted by molar-refractivity contribution is 0.0175. The Hall–Kier alpha value is -2.96. The number of para-hydroxylation sites is 1. The lowest BCUT2D eigenvalue weighted by atomic mass is 9.89. The summed E-state index contributed by atoms with van der Waals surface area (Å²) in [5.41, 5.74) is -0.0357. The van der Waals surface area contributed by atoms with Gasteiger partial charge in [-0.1, -0.05) is 24.3 Å². The van der Waals surface area contributed by atoms with Crippen molar-refractivity contribution in [3.8, 4) is 5.75 Å². The Morgan fingerprint density at radius 2 is 2.00 bits per heavy atom. The number of Topliss-reactive ketones (excluding diaryl/α,β-unsaturated/α-hetero) is 1. The Morgan fingerprint density at radius 1 is 1.21 bits per heavy atom. The monoisotopic (exact) mass is 386 g/mol. The highest BCUT2D eigenvalue weighted by molar-refractivity contribution is 6.00. The first kappa shape index (κ1) is 18.4. The molecular weight excluding hydrogens is 366 g/mol. The number of anilines is 1. The van der Waals surface area contributed by atoms with Gasteiger partial charge in [-0.25, -0.2) is 13.6 Å². The van der Waals surface area contributed by atoms with Gasteiger partial charge in [0.25, 0.3) is 5.92 Å². The van der Waals surface area contributed by atoms with Crippen molar-refractivity contribution >= 4 is 17.5 Å². The normalized spacial score (nSPS) is 21.4. The van der Waals surface area contributed by atoms with E-state index >= 15 is 0 Å². The second-order valence-electron chi connectivity index (χ2n) is 7.45. The number of halogens is 2. The number of hydrogen-bond acceptors (Lipinski definition) is 3. The van der Waals surface area contributed by atoms with E-state index in [1.54, 1.807) is 35.2 Å². The third kappa shape index (κ3) is 3.44. The van der Waals surface area contributed by atoms with Gasteiger partial charge in [0.15, 0.2) is 5.78 Å². The summed E-state index contributed by atoms with van der Waals surface area (Å²) in [5, 5.41) is 2.66. The third-order valence-electron chi connectivity index (χ3n) is 5.22. The number of urea groups is 1. The summed E-state index contributed by atoms with van der Waals surface area (Å²) in [6.45, 7) is 1.50. The minimum absolute atomic E-state index is 0.00184. The summed E-state index contributed by atoms with van der Waals surface area (Å²) in [5.74, 6) is -2.44. The molecule has 5 nitrogen and oxygen atoms in total. The highest BCUT2D eigenvalue weighted by Crippen LogP contribution is 2.38. The minimum Gasteiger partial charge on any atom is -0.484 e. The second kappa shape index (κ2) is 6.58. The molecular formula is C21H20F2N2O3. The molecule has 2 aromatic carbocycles. The molecule has 2 heterocycles. The van der Waals surface area contributed by atoms with Crippen LogP contribution >= 0.6 is 0 Å². The van der Waals surface area contributed by atoms with Crippen molar-refractivity contribution in [2.24, 2.45) is 0 Å². The van der Waals surface area contributed by atoms with Crippen molar-refractivity contribution in [2.75, 3.05) is 18.4 Å². The fourth-order valence-electron chi connectivity index (χ4n) is 3.76. The van der Waals surface area contributed by atoms with Crippen molar-refractivity contribution in [3.63, 3.8) is 0 Å². The molecule has 0 aliphatic carbocycles. The molecule has 4 rings (SSSR count). The Labute approximate surface area is 161 Å². The molecule has 0 saturated carbocycles. The van der Waals surface area contributed by atoms with Crippen LogP contribution < -0.4 is 10.1 Å². The van der Waals surface area contributed by atoms with Crippen molar-refractivity contribution in [1.29, 1.82) is 0 Å². The molecule has 1 spiro atoms. The molecule has 1 fully saturated rings. The van der Waals surface area contributed by atoms with Gasteiger partial charge < -0.3 is 15.0 Å². The Bertz CT molecular complexity index is 941. The molecule has 1 saturated heterocycles. The first-order valence-corrected chi connectivity index (χ1v) is 9.11. The van der Waals surface area contributed by atoms with Crippen LogP contribution in [-0.4, -0.2) is 35.4 Å². The van der Waals surface area contributed by atoms with E-state index < -0.39 is 17.6 Å². The average molecular weight is 386 g/mol. The van der Waals surface area contributed by atoms with Crippen LogP contribution in [0.1, 0.15) is 35.7 Å². The van der Waals surface area contributed by atoms with Crippen molar-refractivity contribution in [1.82, 2.24) is 4.90 Å². The van der Waals surface area contributed by atoms with Gasteiger partial charge in [-0.05, 0) is 24.3 Å². The molecule has 28 heavy (non-hydrogen) atoms. The maximum absolute atomic E-state index is 13.5. The minimum atomic E-state index is -2.98. The zero-order chi connectivity index (χ0) is 19.9. The van der Waals surface area contributed by atoms with Crippen LogP contribution in [0.4, 0.5) is 19.3 Å². The fourth-order valence-corrected chi connectivity index (χ4v) is 3.76. The zero-order valence-electron chi connectivity index (χ0n) is 15.4. The zero-order valence-corrected chi connectivity index (χ0v) is 15.4. The predicted octanol–water partition coefficient (Wildman–Crippen LogP) is 4.44. The quantitative estimate of drug-likeness (QED) is 0.830. The number of alkyl halides is 2. The third-order valence-corrected chi connectivity index (χ3v) is 5.22. The standard InChI is InChI=1S/C21H20F2N2O3/c1-20(22,23)14-5-4-6-15(11-14)24-19(27)25-10-9-21(13-25)12-17(26)16-7-2-3-8-18(16)28-21/h2-8,11H,9-10,12-13H2,1H3,(H,24,27). The topological polar surface area (TPSA) is 58.6 Å². The molecule has 146 valence electrons. The largest absolute Gasteiger partial charge is 0.484 e. The van der Waals surface area contributed by atoms with E-state index in [-0.39, 0.29) is 24.3 Å². The van der Waals surface area contributed by atoms with E-state index in [4.69, 9.17) is 4.74 Å². The van der Waals surface area contributed by atoms with Crippen LogP contribution in [0.15, 0.2) is 48.5 Å². The number of nitrogens with zero attached hydrogens (tertiary/aromatic N) is 1. The summed E-state index contributed by atoms with van der Waals surface area (Å²) in [6, 6.07) is 12.3. The van der Waals surface area contributed by atoms with Crippen LogP contribution in [-0.2, 0) is 5.92 Å². The lowest BCUT2D eigenvalue weighted by Gasteiger charge is -2.34. The number of amides is 2. The summed E-state index contributed by atoms with van der Waals surface area (Å²) in [7, 11) is 0. The van der Waals surface area contributed by atoms with Gasteiger partial charge in [-0.3, -0.25) is 4.79 Å². The molecule has 7 heteroatoms. The number of nitrogens with one attached hydrogen (secondary N) is 1. The maximum Gasteiger partial charge on any atom is 0.321 e. The van der Waals surface area contributed by atoms with Crippen LogP contribution in [0.5, 0.6) is 5.75 Å². The number of fused-ring (bicyclic) bond motifs is 1. The molecule has 2 aliphatic rings. The number of ether oxygens (including phenoxy) is 1. The summed E-state index contributed by atoms with van der Waals surface area (Å²) >= 11 is 0. The van der Waals surface area contributed by atoms with E-state index in [1.807, 2.05) is 0 Å². The number of benzene rings is 2. The molecule has 0 radical (unpaired) electrons. The molecule has 1 atom stereocenters. The summed E-state index contributed by atoms with van der Waals surface area (Å²) in [4.78, 5) is 26.6. The van der Waals surface area contributed by atoms with Crippen molar-refractivity contribution < 1.29 is 23.1 Å². The van der Waals surface area contributed by atoms with Gasteiger partial charge in [-0.15, -0.1) is 0 Å². The van der Waals surface area contributed by atoms with E-state index in [9.17, 15) is 18.4 Å². The first-order valence-electron chi connectivity index (χ1n) is 9.11. The number of ketones is 1. The smallest absolute Gasteiger partial charge is 0.321 e. The summed E-state index contributed by atoms with van der Waals surface area (Å²) < 4.78 is 33.1. The lowest BCUT2D eigenvalue weighted by Crippen LogP contribution is -2.45. The van der Waals surface area contributed by atoms with Crippen LogP contribution in [0.3, 0.4) is 0 Å². The number of carbonyl (C=O) groups is 2. The van der Waals surface area contributed by atoms with E-state index in [0.717, 1.165) is 6.92 Å². The van der Waals surface area contributed by atoms with Crippen molar-refractivity contribution in [3.05, 3.63) is 59.7 Å². The molecule has 1 unspecified atom stereocenters. The van der Waals surface area contributed by atoms with Gasteiger partial charge in [0.1, 0.15) is 11.4 Å². The van der Waals surface area contributed by atoms with Crippen LogP contribution in [0.25, 0.3) is 0 Å². The molecule has 2 amide bonds. The second-order valence-corrected chi connectivity index (χ2v) is 7.45. The van der Waals surface area contributed by atoms with Gasteiger partial charge in [0.05, 0.1) is 18.5 Å². The highest BCUT2D eigenvalue weighted by atomic mass is 19.3. The van der Waals surface area contributed by atoms with Gasteiger partial charge in [0, 0.05) is 31.1 Å². The Kier molecular flexibility index (Phi) is 4.33. The SMILES string of the molecule is CC(F)(F)c1cccc(NC(=O)N2CCC3(CC(=O)c4ccccc4O3)C2)c1. The van der Waals surface area contributed by atoms with E-state index in [1.165, 1.54) is 18.2 Å². The van der Waals surface area contributed by atoms with E-state index in [0.29, 0.717) is 30.0 Å². The number of hydrogen-bond donors (Lipinski definition) is 1. The number of carbonyl (C=O) groups excluding carboxylic acids is 2. The Morgan fingerprint density at radius 3 is 2.79 bits per heavy atom.